The quantitative estimate of drug-likeness (QED) is 0.610. The third-order valence-corrected chi connectivity index (χ3v) is 3.71. The molecule has 0 bridgehead atoms. The van der Waals surface area contributed by atoms with Crippen LogP contribution in [0.5, 0.6) is 11.5 Å². The van der Waals surface area contributed by atoms with Gasteiger partial charge >= 0.3 is 0 Å². The highest BCUT2D eigenvalue weighted by Crippen LogP contribution is 2.28. The summed E-state index contributed by atoms with van der Waals surface area (Å²) in [6.07, 6.45) is 0.0821. The Morgan fingerprint density at radius 2 is 1.67 bits per heavy atom. The summed E-state index contributed by atoms with van der Waals surface area (Å²) in [4.78, 5) is 9.05. The van der Waals surface area contributed by atoms with Crippen molar-refractivity contribution in [1.82, 2.24) is 9.97 Å². The van der Waals surface area contributed by atoms with Gasteiger partial charge in [0.15, 0.2) is 0 Å². The molecule has 6 nitrogen and oxygen atoms in total. The molecule has 0 atom stereocenters. The highest BCUT2D eigenvalue weighted by atomic mass is 16.5. The Morgan fingerprint density at radius 1 is 0.926 bits per heavy atom. The number of nitrogens with zero attached hydrogens (tertiary/aromatic N) is 2. The van der Waals surface area contributed by atoms with Crippen molar-refractivity contribution in [2.75, 3.05) is 17.7 Å². The molecule has 3 aromatic rings. The zero-order valence-electron chi connectivity index (χ0n) is 16.0. The minimum absolute atomic E-state index is 0.0821. The number of hydrogen-bond acceptors (Lipinski definition) is 6. The van der Waals surface area contributed by atoms with Crippen LogP contribution in [0.1, 0.15) is 19.5 Å². The number of methoxy groups -OCH3 is 1. The van der Waals surface area contributed by atoms with Crippen molar-refractivity contribution in [3.05, 3.63) is 60.3 Å². The summed E-state index contributed by atoms with van der Waals surface area (Å²) in [6, 6.07) is 17.3. The molecule has 2 N–H and O–H groups in total. The van der Waals surface area contributed by atoms with Crippen LogP contribution in [0.3, 0.4) is 0 Å². The molecule has 6 heteroatoms. The molecule has 0 amide bonds. The van der Waals surface area contributed by atoms with Gasteiger partial charge in [-0.3, -0.25) is 0 Å². The molecular weight excluding hydrogens is 340 g/mol. The Hall–Kier alpha value is -3.28. The second kappa shape index (κ2) is 8.40. The van der Waals surface area contributed by atoms with Crippen LogP contribution in [0.4, 0.5) is 23.1 Å². The van der Waals surface area contributed by atoms with Crippen LogP contribution in [-0.4, -0.2) is 23.2 Å². The fourth-order valence-corrected chi connectivity index (χ4v) is 2.56. The predicted octanol–water partition coefficient (Wildman–Crippen LogP) is 5.07. The number of aryl methyl sites for hydroxylation is 1. The SMILES string of the molecule is COc1ccc(Nc2cc(C)nc(Nc3ccccc3OC(C)C)n2)cc1. The lowest BCUT2D eigenvalue weighted by molar-refractivity contribution is 0.244. The number of nitrogens with one attached hydrogen (secondary N) is 2. The Morgan fingerprint density at radius 3 is 2.37 bits per heavy atom. The zero-order valence-corrected chi connectivity index (χ0v) is 16.0. The maximum atomic E-state index is 5.85. The second-order valence-corrected chi connectivity index (χ2v) is 6.36. The molecule has 140 valence electrons. The van der Waals surface area contributed by atoms with E-state index < -0.39 is 0 Å². The molecule has 0 unspecified atom stereocenters. The monoisotopic (exact) mass is 364 g/mol. The lowest BCUT2D eigenvalue weighted by Gasteiger charge is -2.15. The number of aromatic nitrogens is 2. The second-order valence-electron chi connectivity index (χ2n) is 6.36. The van der Waals surface area contributed by atoms with Gasteiger partial charge in [0, 0.05) is 17.4 Å². The molecule has 0 saturated heterocycles. The minimum Gasteiger partial charge on any atom is -0.497 e. The maximum absolute atomic E-state index is 5.85. The number of ether oxygens (including phenoxy) is 2. The Kier molecular flexibility index (Phi) is 5.76. The number of anilines is 4. The molecule has 1 heterocycles. The topological polar surface area (TPSA) is 68.3 Å². The van der Waals surface area contributed by atoms with E-state index in [2.05, 4.69) is 20.6 Å². The van der Waals surface area contributed by atoms with E-state index in [9.17, 15) is 0 Å². The van der Waals surface area contributed by atoms with Gasteiger partial charge in [0.25, 0.3) is 0 Å². The van der Waals surface area contributed by atoms with E-state index >= 15 is 0 Å². The van der Waals surface area contributed by atoms with Gasteiger partial charge in [0.05, 0.1) is 18.9 Å². The molecule has 1 aromatic heterocycles. The fourth-order valence-electron chi connectivity index (χ4n) is 2.56. The summed E-state index contributed by atoms with van der Waals surface area (Å²) in [5.74, 6) is 2.79. The van der Waals surface area contributed by atoms with Gasteiger partial charge in [-0.1, -0.05) is 12.1 Å². The third-order valence-electron chi connectivity index (χ3n) is 3.71. The predicted molar refractivity (Wildman–Crippen MR) is 109 cm³/mol. The van der Waals surface area contributed by atoms with E-state index in [0.717, 1.165) is 28.6 Å². The number of rotatable bonds is 7. The smallest absolute Gasteiger partial charge is 0.229 e. The summed E-state index contributed by atoms with van der Waals surface area (Å²) in [5, 5.41) is 6.55. The first kappa shape index (κ1) is 18.5. The van der Waals surface area contributed by atoms with E-state index in [4.69, 9.17) is 9.47 Å². The van der Waals surface area contributed by atoms with Crippen LogP contribution < -0.4 is 20.1 Å². The molecule has 2 aromatic carbocycles. The van der Waals surface area contributed by atoms with Crippen LogP contribution >= 0.6 is 0 Å². The highest BCUT2D eigenvalue weighted by Gasteiger charge is 2.08. The standard InChI is InChI=1S/C21H24N4O2/c1-14(2)27-19-8-6-5-7-18(19)24-21-22-15(3)13-20(25-21)23-16-9-11-17(26-4)12-10-16/h5-14H,1-4H3,(H2,22,23,24,25). The van der Waals surface area contributed by atoms with E-state index in [-0.39, 0.29) is 6.10 Å². The number of hydrogen-bond donors (Lipinski definition) is 2. The van der Waals surface area contributed by atoms with Crippen molar-refractivity contribution in [3.63, 3.8) is 0 Å². The molecule has 0 aliphatic heterocycles. The zero-order chi connectivity index (χ0) is 19.2. The van der Waals surface area contributed by atoms with Gasteiger partial charge < -0.3 is 20.1 Å². The molecular formula is C21H24N4O2. The Balaban J connectivity index is 1.81. The first-order valence-electron chi connectivity index (χ1n) is 8.83. The molecule has 0 fully saturated rings. The lowest BCUT2D eigenvalue weighted by atomic mass is 10.3. The molecule has 0 radical (unpaired) electrons. The Labute approximate surface area is 159 Å². The van der Waals surface area contributed by atoms with Crippen molar-refractivity contribution >= 4 is 23.1 Å². The first-order chi connectivity index (χ1) is 13.0. The van der Waals surface area contributed by atoms with Crippen molar-refractivity contribution < 1.29 is 9.47 Å². The van der Waals surface area contributed by atoms with Crippen LogP contribution in [0.15, 0.2) is 54.6 Å². The largest absolute Gasteiger partial charge is 0.497 e. The summed E-state index contributed by atoms with van der Waals surface area (Å²) in [6.45, 7) is 5.93. The summed E-state index contributed by atoms with van der Waals surface area (Å²) in [5.41, 5.74) is 2.60. The van der Waals surface area contributed by atoms with Crippen LogP contribution in [0.25, 0.3) is 0 Å². The van der Waals surface area contributed by atoms with Gasteiger partial charge in [0.2, 0.25) is 5.95 Å². The number of para-hydroxylation sites is 2. The van der Waals surface area contributed by atoms with Gasteiger partial charge in [-0.05, 0) is 57.2 Å². The highest BCUT2D eigenvalue weighted by molar-refractivity contribution is 5.64. The van der Waals surface area contributed by atoms with Crippen molar-refractivity contribution in [3.8, 4) is 11.5 Å². The number of benzene rings is 2. The molecule has 0 aliphatic carbocycles. The molecule has 0 spiro atoms. The molecule has 0 aliphatic rings. The summed E-state index contributed by atoms with van der Waals surface area (Å²) < 4.78 is 11.0. The van der Waals surface area contributed by atoms with Crippen molar-refractivity contribution in [2.24, 2.45) is 0 Å². The lowest BCUT2D eigenvalue weighted by Crippen LogP contribution is -2.08. The van der Waals surface area contributed by atoms with E-state index in [1.165, 1.54) is 0 Å². The van der Waals surface area contributed by atoms with E-state index in [0.29, 0.717) is 11.8 Å². The van der Waals surface area contributed by atoms with Crippen molar-refractivity contribution in [2.45, 2.75) is 26.9 Å². The third kappa shape index (κ3) is 5.10. The summed E-state index contributed by atoms with van der Waals surface area (Å²) >= 11 is 0. The molecule has 0 saturated carbocycles. The Bertz CT molecular complexity index is 895. The van der Waals surface area contributed by atoms with Crippen LogP contribution in [0.2, 0.25) is 0 Å². The maximum Gasteiger partial charge on any atom is 0.229 e. The van der Waals surface area contributed by atoms with Gasteiger partial charge in [-0.25, -0.2) is 4.98 Å². The molecule has 3 rings (SSSR count). The van der Waals surface area contributed by atoms with Crippen LogP contribution in [0, 0.1) is 6.92 Å². The normalized spacial score (nSPS) is 10.6. The van der Waals surface area contributed by atoms with E-state index in [1.54, 1.807) is 7.11 Å². The average molecular weight is 364 g/mol. The average Bonchev–Trinajstić information content (AvgIpc) is 2.63. The minimum atomic E-state index is 0.0821. The van der Waals surface area contributed by atoms with Crippen molar-refractivity contribution in [1.29, 1.82) is 0 Å². The molecule has 27 heavy (non-hydrogen) atoms. The summed E-state index contributed by atoms with van der Waals surface area (Å²) in [7, 11) is 1.65. The van der Waals surface area contributed by atoms with Gasteiger partial charge in [-0.2, -0.15) is 4.98 Å². The first-order valence-corrected chi connectivity index (χ1v) is 8.83. The van der Waals surface area contributed by atoms with Gasteiger partial charge in [0.1, 0.15) is 17.3 Å². The fraction of sp³-hybridized carbons (Fsp3) is 0.238. The van der Waals surface area contributed by atoms with Crippen LogP contribution in [-0.2, 0) is 0 Å². The van der Waals surface area contributed by atoms with Gasteiger partial charge in [-0.15, -0.1) is 0 Å². The van der Waals surface area contributed by atoms with E-state index in [1.807, 2.05) is 75.4 Å².